The largest absolute Gasteiger partial charge is 0.490 e. The third-order valence-corrected chi connectivity index (χ3v) is 6.12. The van der Waals surface area contributed by atoms with Gasteiger partial charge in [-0.2, -0.15) is 26.3 Å². The smallest absolute Gasteiger partial charge is 0.475 e. The molecular weight excluding hydrogens is 523 g/mol. The average molecular weight is 549 g/mol. The van der Waals surface area contributed by atoms with Crippen LogP contribution in [-0.2, 0) is 17.5 Å². The third-order valence-electron chi connectivity index (χ3n) is 6.12. The number of alkyl halides is 6. The molecule has 1 heterocycles. The molecule has 1 aromatic heterocycles. The van der Waals surface area contributed by atoms with E-state index < -0.39 is 30.0 Å². The average Bonchev–Trinajstić information content (AvgIpc) is 3.25. The maximum atomic E-state index is 14.2. The number of aromatic amines is 1. The third kappa shape index (κ3) is 8.07. The first-order valence-electron chi connectivity index (χ1n) is 11.6. The molecule has 1 saturated carbocycles. The van der Waals surface area contributed by atoms with Gasteiger partial charge in [0, 0.05) is 24.7 Å². The van der Waals surface area contributed by atoms with Gasteiger partial charge in [0.1, 0.15) is 17.0 Å². The highest BCUT2D eigenvalue weighted by Crippen LogP contribution is 2.35. The number of benzene rings is 2. The number of carboxylic acid groups (broad SMARTS) is 1. The van der Waals surface area contributed by atoms with Gasteiger partial charge in [-0.05, 0) is 48.8 Å². The summed E-state index contributed by atoms with van der Waals surface area (Å²) in [6.07, 6.45) is -4.97. The zero-order valence-corrected chi connectivity index (χ0v) is 20.4. The highest BCUT2D eigenvalue weighted by atomic mass is 19.4. The number of halogens is 7. The monoisotopic (exact) mass is 549 g/mol. The van der Waals surface area contributed by atoms with E-state index in [0.29, 0.717) is 17.2 Å². The van der Waals surface area contributed by atoms with E-state index in [0.717, 1.165) is 18.2 Å². The Morgan fingerprint density at radius 3 is 2.18 bits per heavy atom. The van der Waals surface area contributed by atoms with Crippen molar-refractivity contribution in [3.63, 3.8) is 0 Å². The zero-order valence-electron chi connectivity index (χ0n) is 20.4. The molecule has 0 atom stereocenters. The van der Waals surface area contributed by atoms with Gasteiger partial charge < -0.3 is 20.1 Å². The van der Waals surface area contributed by atoms with Gasteiger partial charge in [0.2, 0.25) is 5.82 Å². The molecule has 0 amide bonds. The van der Waals surface area contributed by atoms with Gasteiger partial charge in [0.15, 0.2) is 5.82 Å². The van der Waals surface area contributed by atoms with Gasteiger partial charge in [0.25, 0.3) is 0 Å². The van der Waals surface area contributed by atoms with Crippen molar-refractivity contribution in [2.24, 2.45) is 5.41 Å². The quantitative estimate of drug-likeness (QED) is 0.293. The van der Waals surface area contributed by atoms with E-state index in [1.807, 2.05) is 12.1 Å². The number of rotatable bonds is 5. The summed E-state index contributed by atoms with van der Waals surface area (Å²) >= 11 is 0. The summed E-state index contributed by atoms with van der Waals surface area (Å²) in [5, 5.41) is 10.7. The van der Waals surface area contributed by atoms with Crippen molar-refractivity contribution in [2.45, 2.75) is 64.5 Å². The van der Waals surface area contributed by atoms with Crippen LogP contribution in [0.5, 0.6) is 11.5 Å². The Bertz CT molecular complexity index is 1240. The SMILES string of the molecule is CC1(C)CCC(NCc2ccc(Oc3cc(F)c4nc(C(F)(F)F)[nH]c4c3)cc2)CC1.O=C(O)C(F)(F)F. The topological polar surface area (TPSA) is 87.2 Å². The summed E-state index contributed by atoms with van der Waals surface area (Å²) < 4.78 is 90.0. The first-order valence-corrected chi connectivity index (χ1v) is 11.6. The van der Waals surface area contributed by atoms with Crippen molar-refractivity contribution < 1.29 is 45.4 Å². The molecule has 1 aliphatic rings. The number of fused-ring (bicyclic) bond motifs is 1. The van der Waals surface area contributed by atoms with Crippen LogP contribution >= 0.6 is 0 Å². The molecule has 1 aliphatic carbocycles. The van der Waals surface area contributed by atoms with E-state index in [2.05, 4.69) is 29.1 Å². The van der Waals surface area contributed by atoms with Crippen LogP contribution in [-0.4, -0.2) is 33.3 Å². The van der Waals surface area contributed by atoms with Crippen LogP contribution < -0.4 is 10.1 Å². The Hall–Kier alpha value is -3.35. The fraction of sp³-hybridized carbons (Fsp3) is 0.440. The van der Waals surface area contributed by atoms with Gasteiger partial charge in [-0.1, -0.05) is 26.0 Å². The van der Waals surface area contributed by atoms with Gasteiger partial charge in [-0.15, -0.1) is 0 Å². The first kappa shape index (κ1) is 29.2. The molecule has 4 rings (SSSR count). The normalized spacial score (nSPS) is 16.1. The van der Waals surface area contributed by atoms with Crippen molar-refractivity contribution in [2.75, 3.05) is 0 Å². The number of aliphatic carboxylic acids is 1. The maximum Gasteiger partial charge on any atom is 0.490 e. The number of imidazole rings is 1. The number of carboxylic acids is 1. The maximum absolute atomic E-state index is 14.2. The van der Waals surface area contributed by atoms with Gasteiger partial charge >= 0.3 is 18.3 Å². The molecule has 3 aromatic rings. The van der Waals surface area contributed by atoms with Crippen molar-refractivity contribution in [3.05, 3.63) is 53.6 Å². The van der Waals surface area contributed by atoms with Crippen LogP contribution in [0, 0.1) is 11.2 Å². The highest BCUT2D eigenvalue weighted by Gasteiger charge is 2.38. The second-order valence-corrected chi connectivity index (χ2v) is 9.75. The molecule has 38 heavy (non-hydrogen) atoms. The Labute approximate surface area is 213 Å². The van der Waals surface area contributed by atoms with E-state index in [4.69, 9.17) is 14.6 Å². The first-order chi connectivity index (χ1) is 17.5. The number of ether oxygens (including phenoxy) is 1. The van der Waals surface area contributed by atoms with Gasteiger partial charge in [0.05, 0.1) is 5.52 Å². The van der Waals surface area contributed by atoms with E-state index in [1.54, 1.807) is 12.1 Å². The molecule has 3 N–H and O–H groups in total. The Kier molecular flexibility index (Phi) is 8.59. The number of aromatic nitrogens is 2. The van der Waals surface area contributed by atoms with Crippen molar-refractivity contribution in [3.8, 4) is 11.5 Å². The molecule has 2 aromatic carbocycles. The highest BCUT2D eigenvalue weighted by molar-refractivity contribution is 5.78. The Morgan fingerprint density at radius 2 is 1.66 bits per heavy atom. The molecule has 0 radical (unpaired) electrons. The molecule has 6 nitrogen and oxygen atoms in total. The van der Waals surface area contributed by atoms with Gasteiger partial charge in [-0.3, -0.25) is 0 Å². The standard InChI is InChI=1S/C23H25F4N3O.C2HF3O2/c1-22(2)9-7-15(8-10-22)28-13-14-3-5-16(6-4-14)31-17-11-18(24)20-19(12-17)29-21(30-20)23(25,26)27;3-2(4,5)1(6)7/h3-6,11-12,15,28H,7-10,13H2,1-2H3,(H,29,30);(H,6,7). The van der Waals surface area contributed by atoms with Crippen molar-refractivity contribution >= 4 is 17.0 Å². The molecule has 1 fully saturated rings. The molecule has 13 heteroatoms. The summed E-state index contributed by atoms with van der Waals surface area (Å²) in [6.45, 7) is 5.38. The van der Waals surface area contributed by atoms with Crippen LogP contribution in [0.25, 0.3) is 11.0 Å². The number of nitrogens with zero attached hydrogens (tertiary/aromatic N) is 1. The molecule has 0 spiro atoms. The summed E-state index contributed by atoms with van der Waals surface area (Å²) in [5.74, 6) is -4.31. The lowest BCUT2D eigenvalue weighted by Gasteiger charge is -2.34. The fourth-order valence-electron chi connectivity index (χ4n) is 3.92. The van der Waals surface area contributed by atoms with Crippen LogP contribution in [0.2, 0.25) is 0 Å². The fourth-order valence-corrected chi connectivity index (χ4v) is 3.92. The number of H-pyrrole nitrogens is 1. The van der Waals surface area contributed by atoms with Gasteiger partial charge in [-0.25, -0.2) is 14.2 Å². The second-order valence-electron chi connectivity index (χ2n) is 9.75. The van der Waals surface area contributed by atoms with E-state index in [9.17, 15) is 30.7 Å². The number of nitrogens with one attached hydrogen (secondary N) is 2. The molecule has 0 unspecified atom stereocenters. The molecule has 208 valence electrons. The van der Waals surface area contributed by atoms with E-state index in [1.165, 1.54) is 31.7 Å². The summed E-state index contributed by atoms with van der Waals surface area (Å²) in [6, 6.07) is 10.2. The lowest BCUT2D eigenvalue weighted by Crippen LogP contribution is -2.35. The second kappa shape index (κ2) is 11.2. The minimum atomic E-state index is -5.08. The summed E-state index contributed by atoms with van der Waals surface area (Å²) in [4.78, 5) is 14.3. The molecule has 0 bridgehead atoms. The summed E-state index contributed by atoms with van der Waals surface area (Å²) in [5.41, 5.74) is 1.10. The van der Waals surface area contributed by atoms with Crippen molar-refractivity contribution in [1.29, 1.82) is 0 Å². The van der Waals surface area contributed by atoms with E-state index >= 15 is 0 Å². The number of hydrogen-bond acceptors (Lipinski definition) is 4. The minimum absolute atomic E-state index is 0.0706. The lowest BCUT2D eigenvalue weighted by atomic mass is 9.75. The van der Waals surface area contributed by atoms with E-state index in [-0.39, 0.29) is 16.8 Å². The molecule has 0 saturated heterocycles. The van der Waals surface area contributed by atoms with Crippen LogP contribution in [0.3, 0.4) is 0 Å². The number of carbonyl (C=O) groups is 1. The Balaban J connectivity index is 0.000000505. The lowest BCUT2D eigenvalue weighted by molar-refractivity contribution is -0.192. The van der Waals surface area contributed by atoms with Crippen LogP contribution in [0.15, 0.2) is 36.4 Å². The number of hydrogen-bond donors (Lipinski definition) is 3. The Morgan fingerprint density at radius 1 is 1.08 bits per heavy atom. The predicted molar refractivity (Wildman–Crippen MR) is 124 cm³/mol. The molecular formula is C25H26F7N3O3. The minimum Gasteiger partial charge on any atom is -0.475 e. The van der Waals surface area contributed by atoms with Crippen LogP contribution in [0.4, 0.5) is 30.7 Å². The zero-order chi connectivity index (χ0) is 28.3. The molecule has 0 aliphatic heterocycles. The summed E-state index contributed by atoms with van der Waals surface area (Å²) in [7, 11) is 0. The van der Waals surface area contributed by atoms with Crippen LogP contribution in [0.1, 0.15) is 50.9 Å². The van der Waals surface area contributed by atoms with Crippen molar-refractivity contribution in [1.82, 2.24) is 15.3 Å². The predicted octanol–water partition coefficient (Wildman–Crippen LogP) is 7.20.